The Morgan fingerprint density at radius 2 is 2.15 bits per heavy atom. The van der Waals surface area contributed by atoms with Crippen LogP contribution in [-0.4, -0.2) is 29.2 Å². The van der Waals surface area contributed by atoms with Gasteiger partial charge < -0.3 is 15.2 Å². The van der Waals surface area contributed by atoms with Gasteiger partial charge in [-0.05, 0) is 43.7 Å². The summed E-state index contributed by atoms with van der Waals surface area (Å²) in [5, 5.41) is 0.773. The van der Waals surface area contributed by atoms with E-state index in [1.54, 1.807) is 19.1 Å². The van der Waals surface area contributed by atoms with Crippen LogP contribution >= 0.6 is 11.3 Å². The number of fused-ring (bicyclic) bond motifs is 1. The zero-order chi connectivity index (χ0) is 18.7. The lowest BCUT2D eigenvalue weighted by atomic mass is 10.0. The van der Waals surface area contributed by atoms with Crippen molar-refractivity contribution in [3.63, 3.8) is 0 Å². The second-order valence-electron chi connectivity index (χ2n) is 5.56. The largest absolute Gasteiger partial charge is 0.490 e. The Hall–Kier alpha value is -2.93. The van der Waals surface area contributed by atoms with Crippen molar-refractivity contribution >= 4 is 33.5 Å². The van der Waals surface area contributed by atoms with Crippen LogP contribution in [0.2, 0.25) is 0 Å². The summed E-state index contributed by atoms with van der Waals surface area (Å²) in [5.41, 5.74) is 8.46. The molecular formula is C19H19N3O3S. The number of thiophene rings is 1. The van der Waals surface area contributed by atoms with Gasteiger partial charge in [0, 0.05) is 10.9 Å². The number of hydrogen-bond acceptors (Lipinski definition) is 7. The Morgan fingerprint density at radius 3 is 2.85 bits per heavy atom. The lowest BCUT2D eigenvalue weighted by Gasteiger charge is -2.10. The molecule has 7 heteroatoms. The summed E-state index contributed by atoms with van der Waals surface area (Å²) >= 11 is 1.25. The molecule has 0 unspecified atom stereocenters. The first kappa shape index (κ1) is 17.9. The van der Waals surface area contributed by atoms with Crippen LogP contribution in [0.3, 0.4) is 0 Å². The summed E-state index contributed by atoms with van der Waals surface area (Å²) in [4.78, 5) is 21.8. The van der Waals surface area contributed by atoms with Crippen LogP contribution in [0.5, 0.6) is 5.75 Å². The van der Waals surface area contributed by atoms with Gasteiger partial charge in [-0.2, -0.15) is 0 Å². The third kappa shape index (κ3) is 3.52. The number of nitrogens with two attached hydrogens (primary N) is 1. The van der Waals surface area contributed by atoms with E-state index in [2.05, 4.69) is 16.5 Å². The van der Waals surface area contributed by atoms with Gasteiger partial charge in [-0.3, -0.25) is 0 Å². The van der Waals surface area contributed by atoms with E-state index in [1.165, 1.54) is 11.3 Å². The van der Waals surface area contributed by atoms with Crippen molar-refractivity contribution in [2.75, 3.05) is 18.9 Å². The fourth-order valence-corrected chi connectivity index (χ4v) is 3.52. The molecule has 0 aliphatic heterocycles. The molecule has 2 heterocycles. The summed E-state index contributed by atoms with van der Waals surface area (Å²) in [7, 11) is 0. The fraction of sp³-hybridized carbons (Fsp3) is 0.211. The van der Waals surface area contributed by atoms with E-state index in [0.717, 1.165) is 22.3 Å². The summed E-state index contributed by atoms with van der Waals surface area (Å²) in [6, 6.07) is 7.49. The van der Waals surface area contributed by atoms with E-state index in [0.29, 0.717) is 28.6 Å². The van der Waals surface area contributed by atoms with E-state index < -0.39 is 0 Å². The minimum Gasteiger partial charge on any atom is -0.490 e. The summed E-state index contributed by atoms with van der Waals surface area (Å²) < 4.78 is 10.6. The first-order valence-corrected chi connectivity index (χ1v) is 8.94. The highest BCUT2D eigenvalue weighted by Crippen LogP contribution is 2.35. The molecule has 3 aromatic rings. The number of aryl methyl sites for hydroxylation is 1. The first-order valence-electron chi connectivity index (χ1n) is 8.12. The molecule has 6 nitrogen and oxygen atoms in total. The molecule has 0 aliphatic rings. The number of esters is 1. The van der Waals surface area contributed by atoms with Crippen molar-refractivity contribution in [1.29, 1.82) is 0 Å². The number of nitrogen functional groups attached to an aromatic ring is 1. The SMILES string of the molecule is C=CCOc1ccc(-c2nc(N)nc3sc(C(=O)OCC)cc23)c(C)c1. The molecule has 0 atom stereocenters. The number of ether oxygens (including phenoxy) is 2. The van der Waals surface area contributed by atoms with Gasteiger partial charge in [-0.15, -0.1) is 11.3 Å². The van der Waals surface area contributed by atoms with Crippen LogP contribution < -0.4 is 10.5 Å². The van der Waals surface area contributed by atoms with E-state index in [9.17, 15) is 4.79 Å². The highest BCUT2D eigenvalue weighted by molar-refractivity contribution is 7.20. The van der Waals surface area contributed by atoms with Crippen LogP contribution in [0.15, 0.2) is 36.9 Å². The molecule has 2 N–H and O–H groups in total. The topological polar surface area (TPSA) is 87.3 Å². The fourth-order valence-electron chi connectivity index (χ4n) is 2.59. The number of benzene rings is 1. The monoisotopic (exact) mass is 369 g/mol. The number of aromatic nitrogens is 2. The van der Waals surface area contributed by atoms with Gasteiger partial charge in [0.15, 0.2) is 0 Å². The second kappa shape index (κ2) is 7.53. The number of nitrogens with zero attached hydrogens (tertiary/aromatic N) is 2. The number of carbonyl (C=O) groups excluding carboxylic acids is 1. The van der Waals surface area contributed by atoms with Gasteiger partial charge in [0.2, 0.25) is 5.95 Å². The molecule has 0 saturated carbocycles. The van der Waals surface area contributed by atoms with Crippen LogP contribution in [0, 0.1) is 6.92 Å². The van der Waals surface area contributed by atoms with Gasteiger partial charge in [0.05, 0.1) is 12.3 Å². The van der Waals surface area contributed by atoms with Crippen molar-refractivity contribution in [1.82, 2.24) is 9.97 Å². The quantitative estimate of drug-likeness (QED) is 0.522. The highest BCUT2D eigenvalue weighted by Gasteiger charge is 2.18. The zero-order valence-corrected chi connectivity index (χ0v) is 15.4. The van der Waals surface area contributed by atoms with Crippen molar-refractivity contribution in [3.8, 4) is 17.0 Å². The number of hydrogen-bond donors (Lipinski definition) is 1. The normalized spacial score (nSPS) is 10.7. The molecule has 0 bridgehead atoms. The molecule has 0 fully saturated rings. The number of rotatable bonds is 6. The molecule has 0 aliphatic carbocycles. The van der Waals surface area contributed by atoms with Gasteiger partial charge in [-0.25, -0.2) is 14.8 Å². The van der Waals surface area contributed by atoms with Crippen molar-refractivity contribution < 1.29 is 14.3 Å². The van der Waals surface area contributed by atoms with Gasteiger partial charge in [0.1, 0.15) is 22.1 Å². The van der Waals surface area contributed by atoms with Crippen LogP contribution in [0.4, 0.5) is 5.95 Å². The van der Waals surface area contributed by atoms with Gasteiger partial charge >= 0.3 is 5.97 Å². The molecule has 0 spiro atoms. The molecular weight excluding hydrogens is 350 g/mol. The maximum Gasteiger partial charge on any atom is 0.348 e. The summed E-state index contributed by atoms with van der Waals surface area (Å²) in [6.45, 7) is 8.15. The van der Waals surface area contributed by atoms with E-state index in [4.69, 9.17) is 15.2 Å². The van der Waals surface area contributed by atoms with Crippen molar-refractivity contribution in [3.05, 3.63) is 47.4 Å². The second-order valence-corrected chi connectivity index (χ2v) is 6.59. The molecule has 1 aromatic carbocycles. The highest BCUT2D eigenvalue weighted by atomic mass is 32.1. The maximum absolute atomic E-state index is 12.0. The standard InChI is InChI=1S/C19H19N3O3S/c1-4-8-25-12-6-7-13(11(3)9-12)16-14-10-15(18(23)24-5-2)26-17(14)22-19(20)21-16/h4,6-7,9-10H,1,5,8H2,2-3H3,(H2,20,21,22). The number of anilines is 1. The Morgan fingerprint density at radius 1 is 1.35 bits per heavy atom. The molecule has 0 radical (unpaired) electrons. The molecule has 0 saturated heterocycles. The Balaban J connectivity index is 2.09. The molecule has 2 aromatic heterocycles. The third-order valence-electron chi connectivity index (χ3n) is 3.71. The lowest BCUT2D eigenvalue weighted by Crippen LogP contribution is -2.01. The van der Waals surface area contributed by atoms with Crippen LogP contribution in [0.25, 0.3) is 21.5 Å². The molecule has 26 heavy (non-hydrogen) atoms. The smallest absolute Gasteiger partial charge is 0.348 e. The molecule has 0 amide bonds. The van der Waals surface area contributed by atoms with Crippen molar-refractivity contribution in [2.45, 2.75) is 13.8 Å². The predicted octanol–water partition coefficient (Wildman–Crippen LogP) is 3.99. The zero-order valence-electron chi connectivity index (χ0n) is 14.6. The Kier molecular flexibility index (Phi) is 5.18. The number of carbonyl (C=O) groups is 1. The van der Waals surface area contributed by atoms with Gasteiger partial charge in [-0.1, -0.05) is 12.7 Å². The van der Waals surface area contributed by atoms with Crippen LogP contribution in [-0.2, 0) is 4.74 Å². The van der Waals surface area contributed by atoms with Crippen molar-refractivity contribution in [2.24, 2.45) is 0 Å². The molecule has 134 valence electrons. The first-order chi connectivity index (χ1) is 12.5. The maximum atomic E-state index is 12.0. The van der Waals surface area contributed by atoms with E-state index in [-0.39, 0.29) is 11.9 Å². The lowest BCUT2D eigenvalue weighted by molar-refractivity contribution is 0.0532. The average molecular weight is 369 g/mol. The van der Waals surface area contributed by atoms with E-state index in [1.807, 2.05) is 25.1 Å². The Labute approximate surface area is 155 Å². The summed E-state index contributed by atoms with van der Waals surface area (Å²) in [5.74, 6) is 0.544. The molecule has 3 rings (SSSR count). The minimum absolute atomic E-state index is 0.163. The van der Waals surface area contributed by atoms with E-state index >= 15 is 0 Å². The minimum atomic E-state index is -0.370. The Bertz CT molecular complexity index is 982. The summed E-state index contributed by atoms with van der Waals surface area (Å²) in [6.07, 6.45) is 1.69. The van der Waals surface area contributed by atoms with Gasteiger partial charge in [0.25, 0.3) is 0 Å². The predicted molar refractivity (Wildman–Crippen MR) is 104 cm³/mol. The third-order valence-corrected chi connectivity index (χ3v) is 4.72. The van der Waals surface area contributed by atoms with Crippen LogP contribution in [0.1, 0.15) is 22.2 Å². The average Bonchev–Trinajstić information content (AvgIpc) is 3.03.